The topological polar surface area (TPSA) is 73.6 Å². The third kappa shape index (κ3) is 5.52. The summed E-state index contributed by atoms with van der Waals surface area (Å²) in [6.45, 7) is 5.37. The molecular weight excluding hydrogens is 516 g/mol. The number of halogens is 1. The molecule has 3 N–H and O–H groups in total. The van der Waals surface area contributed by atoms with Crippen molar-refractivity contribution in [2.24, 2.45) is 0 Å². The minimum Gasteiger partial charge on any atom is -0.508 e. The summed E-state index contributed by atoms with van der Waals surface area (Å²) in [6, 6.07) is 15.4. The van der Waals surface area contributed by atoms with Crippen LogP contribution in [-0.2, 0) is 6.42 Å². The van der Waals surface area contributed by atoms with Gasteiger partial charge in [0.15, 0.2) is 0 Å². The molecule has 1 saturated heterocycles. The lowest BCUT2D eigenvalue weighted by molar-refractivity contribution is 0.202. The molecule has 2 aliphatic heterocycles. The Morgan fingerprint density at radius 2 is 1.81 bits per heavy atom. The number of aryl methyl sites for hydroxylation is 1. The van der Waals surface area contributed by atoms with Crippen molar-refractivity contribution in [1.29, 1.82) is 0 Å². The number of hydrogen-bond acceptors (Lipinski definition) is 5. The number of piperidine rings is 1. The summed E-state index contributed by atoms with van der Waals surface area (Å²) in [5.41, 5.74) is 4.19. The first-order valence-corrected chi connectivity index (χ1v) is 13.5. The normalized spacial score (nSPS) is 18.8. The van der Waals surface area contributed by atoms with Crippen LogP contribution in [0.3, 0.4) is 0 Å². The Kier molecular flexibility index (Phi) is 7.48. The number of rotatable bonds is 7. The summed E-state index contributed by atoms with van der Waals surface area (Å²) < 4.78 is 2.99. The summed E-state index contributed by atoms with van der Waals surface area (Å²) in [7, 11) is 0. The van der Waals surface area contributed by atoms with Crippen LogP contribution >= 0.6 is 15.9 Å². The highest BCUT2D eigenvalue weighted by molar-refractivity contribution is 9.10. The number of allylic oxidation sites excluding steroid dienone is 3. The lowest BCUT2D eigenvalue weighted by Crippen LogP contribution is -2.43. The lowest BCUT2D eigenvalue weighted by atomic mass is 9.98. The monoisotopic (exact) mass is 548 g/mol. The minimum absolute atomic E-state index is 0.127. The van der Waals surface area contributed by atoms with Crippen molar-refractivity contribution < 1.29 is 10.2 Å². The number of benzene rings is 2. The number of fused-ring (bicyclic) bond motifs is 1. The fraction of sp³-hybridized carbons (Fsp3) is 0.345. The number of phenolic OH excluding ortho intramolecular Hbond substituents is 2. The molecule has 2 aromatic carbocycles. The third-order valence-corrected chi connectivity index (χ3v) is 7.78. The summed E-state index contributed by atoms with van der Waals surface area (Å²) in [6.07, 6.45) is 10.5. The molecule has 0 spiro atoms. The average molecular weight is 550 g/mol. The molecule has 5 rings (SSSR count). The van der Waals surface area contributed by atoms with Crippen molar-refractivity contribution in [3.63, 3.8) is 0 Å². The molecule has 1 atom stereocenters. The van der Waals surface area contributed by atoms with Gasteiger partial charge in [0.1, 0.15) is 17.3 Å². The van der Waals surface area contributed by atoms with E-state index in [1.807, 2.05) is 41.2 Å². The number of aromatic nitrogens is 2. The van der Waals surface area contributed by atoms with Gasteiger partial charge >= 0.3 is 0 Å². The summed E-state index contributed by atoms with van der Waals surface area (Å²) in [5.74, 6) is 1.68. The van der Waals surface area contributed by atoms with Crippen LogP contribution in [0.1, 0.15) is 48.9 Å². The fourth-order valence-electron chi connectivity index (χ4n) is 5.21. The predicted molar refractivity (Wildman–Crippen MR) is 148 cm³/mol. The number of phenols is 2. The Morgan fingerprint density at radius 3 is 2.56 bits per heavy atom. The second kappa shape index (κ2) is 10.9. The molecule has 6 nitrogen and oxygen atoms in total. The maximum Gasteiger partial charge on any atom is 0.128 e. The molecule has 1 fully saturated rings. The molecule has 3 heterocycles. The van der Waals surface area contributed by atoms with E-state index in [0.29, 0.717) is 11.8 Å². The van der Waals surface area contributed by atoms with Gasteiger partial charge in [0.2, 0.25) is 0 Å². The van der Waals surface area contributed by atoms with Gasteiger partial charge in [-0.15, -0.1) is 0 Å². The van der Waals surface area contributed by atoms with Gasteiger partial charge in [0.05, 0.1) is 16.4 Å². The van der Waals surface area contributed by atoms with Crippen LogP contribution in [0.4, 0.5) is 0 Å². The van der Waals surface area contributed by atoms with Gasteiger partial charge in [-0.1, -0.05) is 43.3 Å². The van der Waals surface area contributed by atoms with Gasteiger partial charge in [0, 0.05) is 30.6 Å². The summed E-state index contributed by atoms with van der Waals surface area (Å²) >= 11 is 3.69. The Hall–Kier alpha value is -3.03. The third-order valence-electron chi connectivity index (χ3n) is 7.17. The van der Waals surface area contributed by atoms with Gasteiger partial charge < -0.3 is 20.4 Å². The first kappa shape index (κ1) is 24.7. The van der Waals surface area contributed by atoms with Crippen LogP contribution in [0.5, 0.6) is 11.5 Å². The van der Waals surface area contributed by atoms with E-state index in [4.69, 9.17) is 0 Å². The second-order valence-corrected chi connectivity index (χ2v) is 10.6. The van der Waals surface area contributed by atoms with Crippen LogP contribution in [0.2, 0.25) is 0 Å². The average Bonchev–Trinajstić information content (AvgIpc) is 3.20. The first-order valence-electron chi connectivity index (χ1n) is 12.7. The lowest BCUT2D eigenvalue weighted by Gasteiger charge is -2.33. The van der Waals surface area contributed by atoms with Crippen molar-refractivity contribution in [3.8, 4) is 11.5 Å². The molecule has 0 bridgehead atoms. The highest BCUT2D eigenvalue weighted by Gasteiger charge is 2.25. The number of aromatic hydroxyl groups is 2. The molecule has 0 radical (unpaired) electrons. The van der Waals surface area contributed by atoms with Gasteiger partial charge in [0.25, 0.3) is 0 Å². The van der Waals surface area contributed by atoms with E-state index in [0.717, 1.165) is 72.4 Å². The fourth-order valence-corrected chi connectivity index (χ4v) is 5.83. The van der Waals surface area contributed by atoms with E-state index in [2.05, 4.69) is 50.3 Å². The van der Waals surface area contributed by atoms with Crippen LogP contribution in [-0.4, -0.2) is 50.6 Å². The van der Waals surface area contributed by atoms with E-state index in [1.54, 1.807) is 18.2 Å². The predicted octanol–water partition coefficient (Wildman–Crippen LogP) is 5.74. The molecule has 3 aromatic rings. The minimum atomic E-state index is 0.127. The molecule has 188 valence electrons. The summed E-state index contributed by atoms with van der Waals surface area (Å²) in [5, 5.41) is 28.4. The van der Waals surface area contributed by atoms with Crippen molar-refractivity contribution in [2.75, 3.05) is 19.6 Å². The number of nitrogens with zero attached hydrogens (tertiary/aromatic N) is 3. The van der Waals surface area contributed by atoms with Gasteiger partial charge in [-0.05, 0) is 83.6 Å². The molecule has 1 aromatic heterocycles. The number of para-hydroxylation sites is 1. The maximum absolute atomic E-state index is 10.5. The Morgan fingerprint density at radius 1 is 1.06 bits per heavy atom. The first-order chi connectivity index (χ1) is 17.5. The number of likely N-dealkylation sites (tertiary alicyclic amines) is 1. The molecule has 0 unspecified atom stereocenters. The van der Waals surface area contributed by atoms with E-state index in [1.165, 1.54) is 5.56 Å². The zero-order chi connectivity index (χ0) is 25.1. The zero-order valence-corrected chi connectivity index (χ0v) is 22.2. The second-order valence-electron chi connectivity index (χ2n) is 9.78. The van der Waals surface area contributed by atoms with Crippen LogP contribution in [0, 0.1) is 0 Å². The largest absolute Gasteiger partial charge is 0.508 e. The highest BCUT2D eigenvalue weighted by Crippen LogP contribution is 2.36. The zero-order valence-electron chi connectivity index (χ0n) is 20.6. The Bertz CT molecular complexity index is 1260. The smallest absolute Gasteiger partial charge is 0.128 e. The Labute approximate surface area is 221 Å². The van der Waals surface area contributed by atoms with Crippen molar-refractivity contribution in [2.45, 2.75) is 44.6 Å². The van der Waals surface area contributed by atoms with E-state index in [-0.39, 0.29) is 11.7 Å². The standard InChI is InChI=1S/C29H33BrN4O2/c1-20-17-22(25-6-2-3-7-27(25)36)18-28(34-29(20)26(30)19-31-34)32-23-12-15-33(16-13-23)14-4-5-21-8-10-24(35)11-9-21/h2-3,6-11,17-20,23,32,35-36H,4-5,12-16H2,1H3/t20-/m1/s1. The van der Waals surface area contributed by atoms with Crippen molar-refractivity contribution in [3.05, 3.63) is 88.2 Å². The van der Waals surface area contributed by atoms with E-state index < -0.39 is 0 Å². The van der Waals surface area contributed by atoms with Gasteiger partial charge in [-0.2, -0.15) is 5.10 Å². The molecule has 2 aliphatic rings. The highest BCUT2D eigenvalue weighted by atomic mass is 79.9. The van der Waals surface area contributed by atoms with Crippen LogP contribution in [0.25, 0.3) is 11.4 Å². The number of hydrogen-bond donors (Lipinski definition) is 3. The van der Waals surface area contributed by atoms with Gasteiger partial charge in [-0.3, -0.25) is 0 Å². The van der Waals surface area contributed by atoms with E-state index >= 15 is 0 Å². The molecular formula is C29H33BrN4O2. The Balaban J connectivity index is 1.25. The van der Waals surface area contributed by atoms with Crippen molar-refractivity contribution >= 4 is 27.3 Å². The number of nitrogens with one attached hydrogen (secondary N) is 1. The quantitative estimate of drug-likeness (QED) is 0.351. The maximum atomic E-state index is 10.5. The molecule has 0 aliphatic carbocycles. The summed E-state index contributed by atoms with van der Waals surface area (Å²) in [4.78, 5) is 2.55. The molecule has 0 saturated carbocycles. The molecule has 0 amide bonds. The van der Waals surface area contributed by atoms with Crippen LogP contribution < -0.4 is 5.32 Å². The van der Waals surface area contributed by atoms with E-state index in [9.17, 15) is 10.2 Å². The molecule has 36 heavy (non-hydrogen) atoms. The van der Waals surface area contributed by atoms with Crippen molar-refractivity contribution in [1.82, 2.24) is 20.0 Å². The van der Waals surface area contributed by atoms with Gasteiger partial charge in [-0.25, -0.2) is 4.68 Å². The van der Waals surface area contributed by atoms with Crippen LogP contribution in [0.15, 0.2) is 71.4 Å². The SMILES string of the molecule is C[C@@H]1C=C(c2ccccc2O)C=C(NC2CCN(CCCc3ccc(O)cc3)CC2)n2ncc(Br)c21. The molecule has 7 heteroatoms.